The van der Waals surface area contributed by atoms with Crippen LogP contribution in [0.5, 0.6) is 0 Å². The monoisotopic (exact) mass is 286 g/mol. The Hall–Kier alpha value is -0.520. The van der Waals surface area contributed by atoms with Gasteiger partial charge in [-0.25, -0.2) is 0 Å². The predicted molar refractivity (Wildman–Crippen MR) is 81.2 cm³/mol. The van der Waals surface area contributed by atoms with E-state index in [-0.39, 0.29) is 23.2 Å². The van der Waals surface area contributed by atoms with Gasteiger partial charge >= 0.3 is 0 Å². The highest BCUT2D eigenvalue weighted by Gasteiger charge is 2.19. The first-order valence-electron chi connectivity index (χ1n) is 6.13. The molecule has 0 fully saturated rings. The highest BCUT2D eigenvalue weighted by molar-refractivity contribution is 8.00. The number of thiophene rings is 1. The van der Waals surface area contributed by atoms with Gasteiger partial charge in [0.05, 0.1) is 11.0 Å². The molecule has 3 nitrogen and oxygen atoms in total. The van der Waals surface area contributed by atoms with Crippen molar-refractivity contribution in [3.05, 3.63) is 21.9 Å². The zero-order chi connectivity index (χ0) is 13.7. The van der Waals surface area contributed by atoms with Gasteiger partial charge in [-0.05, 0) is 39.8 Å². The summed E-state index contributed by atoms with van der Waals surface area (Å²) in [5.74, 6) is 0.537. The summed E-state index contributed by atoms with van der Waals surface area (Å²) >= 11 is 3.38. The fourth-order valence-corrected chi connectivity index (χ4v) is 3.91. The molecule has 0 saturated heterocycles. The van der Waals surface area contributed by atoms with Crippen LogP contribution >= 0.6 is 23.1 Å². The van der Waals surface area contributed by atoms with E-state index in [0.717, 1.165) is 0 Å². The molecule has 102 valence electrons. The quantitative estimate of drug-likeness (QED) is 0.845. The Bertz CT molecular complexity index is 388. The van der Waals surface area contributed by atoms with E-state index in [2.05, 4.69) is 24.4 Å². The summed E-state index contributed by atoms with van der Waals surface area (Å²) in [4.78, 5) is 14.2. The molecule has 0 aliphatic heterocycles. The number of hydrogen-bond acceptors (Lipinski definition) is 4. The largest absolute Gasteiger partial charge is 0.353 e. The number of amides is 1. The lowest BCUT2D eigenvalue weighted by atomic mass is 10.2. The number of rotatable bonds is 6. The average Bonchev–Trinajstić information content (AvgIpc) is 2.63. The Morgan fingerprint density at radius 3 is 2.56 bits per heavy atom. The van der Waals surface area contributed by atoms with E-state index in [0.29, 0.717) is 5.75 Å². The number of hydrogen-bond donors (Lipinski definition) is 2. The molecule has 0 aromatic carbocycles. The second-order valence-corrected chi connectivity index (χ2v) is 7.21. The second kappa shape index (κ2) is 7.16. The lowest BCUT2D eigenvalue weighted by Gasteiger charge is -2.19. The molecular formula is C13H22N2OS2. The summed E-state index contributed by atoms with van der Waals surface area (Å²) in [5, 5.41) is 3.09. The van der Waals surface area contributed by atoms with Crippen molar-refractivity contribution in [2.24, 2.45) is 5.73 Å². The van der Waals surface area contributed by atoms with Gasteiger partial charge in [-0.3, -0.25) is 4.79 Å². The minimum absolute atomic E-state index is 0.0416. The molecule has 0 aliphatic rings. The van der Waals surface area contributed by atoms with E-state index < -0.39 is 0 Å². The van der Waals surface area contributed by atoms with E-state index in [1.807, 2.05) is 20.8 Å². The van der Waals surface area contributed by atoms with E-state index >= 15 is 0 Å². The smallest absolute Gasteiger partial charge is 0.230 e. The summed E-state index contributed by atoms with van der Waals surface area (Å²) in [7, 11) is 0. The van der Waals surface area contributed by atoms with Crippen LogP contribution in [0.3, 0.4) is 0 Å². The van der Waals surface area contributed by atoms with Gasteiger partial charge in [0.2, 0.25) is 5.91 Å². The first-order chi connectivity index (χ1) is 8.40. The van der Waals surface area contributed by atoms with Crippen LogP contribution in [0.25, 0.3) is 0 Å². The van der Waals surface area contributed by atoms with Gasteiger partial charge in [-0.15, -0.1) is 23.1 Å². The molecule has 1 heterocycles. The molecule has 0 radical (unpaired) electrons. The topological polar surface area (TPSA) is 55.1 Å². The molecule has 1 aromatic heterocycles. The third-order valence-electron chi connectivity index (χ3n) is 2.36. The van der Waals surface area contributed by atoms with Gasteiger partial charge in [0.1, 0.15) is 0 Å². The molecule has 3 N–H and O–H groups in total. The summed E-state index contributed by atoms with van der Waals surface area (Å²) in [6.07, 6.45) is 0. The van der Waals surface area contributed by atoms with Crippen molar-refractivity contribution < 1.29 is 4.79 Å². The number of nitrogens with two attached hydrogens (primary N) is 1. The van der Waals surface area contributed by atoms with Crippen LogP contribution in [0.2, 0.25) is 0 Å². The van der Waals surface area contributed by atoms with Crippen LogP contribution in [0.1, 0.15) is 35.8 Å². The molecule has 1 rings (SSSR count). The van der Waals surface area contributed by atoms with Crippen molar-refractivity contribution in [1.29, 1.82) is 0 Å². The number of carbonyl (C=O) groups is 1. The molecule has 2 atom stereocenters. The van der Waals surface area contributed by atoms with Gasteiger partial charge in [-0.2, -0.15) is 0 Å². The van der Waals surface area contributed by atoms with E-state index in [9.17, 15) is 4.79 Å². The zero-order valence-electron chi connectivity index (χ0n) is 11.4. The summed E-state index contributed by atoms with van der Waals surface area (Å²) < 4.78 is 0. The minimum atomic E-state index is 0.0416. The first-order valence-corrected chi connectivity index (χ1v) is 7.99. The average molecular weight is 286 g/mol. The molecule has 2 unspecified atom stereocenters. The second-order valence-electron chi connectivity index (χ2n) is 4.76. The van der Waals surface area contributed by atoms with Crippen molar-refractivity contribution in [1.82, 2.24) is 5.32 Å². The minimum Gasteiger partial charge on any atom is -0.353 e. The van der Waals surface area contributed by atoms with Crippen LogP contribution in [-0.2, 0) is 4.79 Å². The third kappa shape index (κ3) is 5.00. The lowest BCUT2D eigenvalue weighted by Crippen LogP contribution is -2.32. The Labute approximate surface area is 118 Å². The summed E-state index contributed by atoms with van der Waals surface area (Å²) in [6, 6.07) is 4.45. The van der Waals surface area contributed by atoms with E-state index in [1.54, 1.807) is 23.1 Å². The van der Waals surface area contributed by atoms with E-state index in [4.69, 9.17) is 5.73 Å². The fourth-order valence-electron chi connectivity index (χ4n) is 1.63. The van der Waals surface area contributed by atoms with Crippen LogP contribution in [0.4, 0.5) is 0 Å². The standard InChI is InChI=1S/C13H22N2OS2/c1-8(2)15-12(16)7-17-13(10(4)14)11-6-5-9(3)18-11/h5-6,8,10,13H,7,14H2,1-4H3,(H,15,16). The Balaban J connectivity index is 2.57. The maximum Gasteiger partial charge on any atom is 0.230 e. The Morgan fingerprint density at radius 1 is 1.44 bits per heavy atom. The lowest BCUT2D eigenvalue weighted by molar-refractivity contribution is -0.119. The highest BCUT2D eigenvalue weighted by Crippen LogP contribution is 2.35. The van der Waals surface area contributed by atoms with Crippen molar-refractivity contribution >= 4 is 29.0 Å². The molecule has 1 aromatic rings. The Morgan fingerprint density at radius 2 is 2.11 bits per heavy atom. The van der Waals surface area contributed by atoms with Crippen LogP contribution in [0, 0.1) is 6.92 Å². The van der Waals surface area contributed by atoms with Crippen molar-refractivity contribution in [2.45, 2.75) is 45.0 Å². The van der Waals surface area contributed by atoms with Gasteiger partial charge in [0.25, 0.3) is 0 Å². The number of thioether (sulfide) groups is 1. The molecule has 5 heteroatoms. The SMILES string of the molecule is Cc1ccc(C(SCC(=O)NC(C)C)C(C)N)s1. The van der Waals surface area contributed by atoms with Crippen molar-refractivity contribution in [2.75, 3.05) is 5.75 Å². The van der Waals surface area contributed by atoms with Crippen molar-refractivity contribution in [3.63, 3.8) is 0 Å². The molecule has 18 heavy (non-hydrogen) atoms. The number of aryl methyl sites for hydroxylation is 1. The number of carbonyl (C=O) groups excluding carboxylic acids is 1. The first kappa shape index (κ1) is 15.5. The van der Waals surface area contributed by atoms with Crippen LogP contribution < -0.4 is 11.1 Å². The van der Waals surface area contributed by atoms with Crippen LogP contribution in [-0.4, -0.2) is 23.7 Å². The zero-order valence-corrected chi connectivity index (χ0v) is 13.0. The van der Waals surface area contributed by atoms with Crippen LogP contribution in [0.15, 0.2) is 12.1 Å². The summed E-state index contributed by atoms with van der Waals surface area (Å²) in [5.41, 5.74) is 6.02. The van der Waals surface area contributed by atoms with Gasteiger partial charge in [-0.1, -0.05) is 0 Å². The van der Waals surface area contributed by atoms with Gasteiger partial charge in [0.15, 0.2) is 0 Å². The molecule has 0 aliphatic carbocycles. The maximum atomic E-state index is 11.6. The maximum absolute atomic E-state index is 11.6. The van der Waals surface area contributed by atoms with Gasteiger partial charge in [0, 0.05) is 21.8 Å². The molecule has 0 saturated carbocycles. The Kier molecular flexibility index (Phi) is 6.18. The van der Waals surface area contributed by atoms with E-state index in [1.165, 1.54) is 9.75 Å². The third-order valence-corrected chi connectivity index (χ3v) is 5.07. The fraction of sp³-hybridized carbons (Fsp3) is 0.615. The summed E-state index contributed by atoms with van der Waals surface area (Å²) in [6.45, 7) is 8.01. The highest BCUT2D eigenvalue weighted by atomic mass is 32.2. The number of nitrogens with one attached hydrogen (secondary N) is 1. The molecule has 0 spiro atoms. The normalized spacial score (nSPS) is 14.6. The predicted octanol–water partition coefficient (Wildman–Crippen LogP) is 2.70. The van der Waals surface area contributed by atoms with Gasteiger partial charge < -0.3 is 11.1 Å². The molecular weight excluding hydrogens is 264 g/mol. The van der Waals surface area contributed by atoms with Crippen molar-refractivity contribution in [3.8, 4) is 0 Å². The molecule has 1 amide bonds. The molecule has 0 bridgehead atoms.